The zero-order valence-corrected chi connectivity index (χ0v) is 21.6. The summed E-state index contributed by atoms with van der Waals surface area (Å²) in [5.74, 6) is -1.77. The highest BCUT2D eigenvalue weighted by atomic mass is 16.5. The molecule has 3 aliphatic rings. The number of carbonyl (C=O) groups excluding carboxylic acids is 3. The second-order valence-electron chi connectivity index (χ2n) is 10.5. The van der Waals surface area contributed by atoms with E-state index in [2.05, 4.69) is 16.4 Å². The number of likely N-dealkylation sites (tertiary alicyclic amines) is 1. The largest absolute Gasteiger partial charge is 0.460 e. The second kappa shape index (κ2) is 9.46. The molecule has 2 aromatic carbocycles. The lowest BCUT2D eigenvalue weighted by Gasteiger charge is -2.31. The van der Waals surface area contributed by atoms with Crippen LogP contribution in [0.15, 0.2) is 45.7 Å². The number of nitriles is 1. The van der Waals surface area contributed by atoms with Crippen LogP contribution < -0.4 is 22.5 Å². The number of hydrogen-bond acceptors (Lipinski definition) is 8. The minimum atomic E-state index is -0.997. The Morgan fingerprint density at radius 2 is 1.70 bits per heavy atom. The summed E-state index contributed by atoms with van der Waals surface area (Å²) in [4.78, 5) is 55.4. The summed E-state index contributed by atoms with van der Waals surface area (Å²) in [5, 5.41) is 12.6. The van der Waals surface area contributed by atoms with Gasteiger partial charge in [0.1, 0.15) is 12.2 Å². The van der Waals surface area contributed by atoms with Crippen LogP contribution in [0.5, 0.6) is 0 Å². The van der Waals surface area contributed by atoms with Crippen LogP contribution in [0.4, 0.5) is 0 Å². The van der Waals surface area contributed by atoms with Gasteiger partial charge in [-0.15, -0.1) is 0 Å². The molecule has 6 rings (SSSR count). The van der Waals surface area contributed by atoms with Gasteiger partial charge in [0.2, 0.25) is 17.7 Å². The van der Waals surface area contributed by atoms with Crippen molar-refractivity contribution in [2.24, 2.45) is 11.5 Å². The van der Waals surface area contributed by atoms with Gasteiger partial charge in [0.15, 0.2) is 5.82 Å². The summed E-state index contributed by atoms with van der Waals surface area (Å²) < 4.78 is 6.93. The summed E-state index contributed by atoms with van der Waals surface area (Å²) in [6, 6.07) is 12.2. The highest BCUT2D eigenvalue weighted by Gasteiger charge is 2.53. The van der Waals surface area contributed by atoms with Crippen LogP contribution in [0.1, 0.15) is 74.2 Å². The molecule has 40 heavy (non-hydrogen) atoms. The summed E-state index contributed by atoms with van der Waals surface area (Å²) in [6.07, 6.45) is 2.20. The number of hydrogen-bond donors (Lipinski definition) is 3. The van der Waals surface area contributed by atoms with Gasteiger partial charge in [-0.25, -0.2) is 4.79 Å². The van der Waals surface area contributed by atoms with E-state index in [9.17, 15) is 24.4 Å². The third-order valence-electron chi connectivity index (χ3n) is 8.32. The first-order chi connectivity index (χ1) is 19.2. The predicted molar refractivity (Wildman–Crippen MR) is 140 cm³/mol. The molecule has 204 valence electrons. The highest BCUT2D eigenvalue weighted by Crippen LogP contribution is 2.52. The van der Waals surface area contributed by atoms with Crippen LogP contribution in [0.25, 0.3) is 0 Å². The maximum absolute atomic E-state index is 13.0. The first-order valence-corrected chi connectivity index (χ1v) is 13.1. The molecule has 0 bridgehead atoms. The Balaban J connectivity index is 1.47. The van der Waals surface area contributed by atoms with E-state index in [4.69, 9.17) is 16.0 Å². The van der Waals surface area contributed by atoms with Crippen molar-refractivity contribution in [2.45, 2.75) is 49.7 Å². The molecule has 0 radical (unpaired) electrons. The predicted octanol–water partition coefficient (Wildman–Crippen LogP) is 0.474. The Morgan fingerprint density at radius 3 is 2.27 bits per heavy atom. The van der Waals surface area contributed by atoms with Crippen molar-refractivity contribution in [3.63, 3.8) is 0 Å². The van der Waals surface area contributed by atoms with E-state index in [1.54, 1.807) is 29.2 Å². The van der Waals surface area contributed by atoms with Crippen LogP contribution >= 0.6 is 0 Å². The monoisotopic (exact) mass is 541 g/mol. The zero-order chi connectivity index (χ0) is 28.2. The molecule has 1 saturated heterocycles. The standard InChI is InChI=1S/C28H27N7O5/c29-13-19-2-1-9-34(19)23(36)14-32-22-12-28(26-33-27(39)40-35(22)26)20-7-5-17(24(30)37)10-15(20)3-4-16-11-18(25(31)38)6-8-21(16)28/h5-8,10-11,19,22,32H,1-4,9,12,14H2,(H2,30,37)(H2,31,38)/t19?,22-/m0/s1. The van der Waals surface area contributed by atoms with E-state index in [1.807, 2.05) is 12.1 Å². The Kier molecular flexibility index (Phi) is 6.03. The SMILES string of the molecule is N#CC1CCCN1C(=O)CN[C@@H]1CC2(c3ccc(C(N)=O)cc3CCc3cc(C(N)=O)ccc32)c2nc(=O)on21. The third-order valence-corrected chi connectivity index (χ3v) is 8.32. The summed E-state index contributed by atoms with van der Waals surface area (Å²) in [7, 11) is 0. The molecule has 2 aliphatic heterocycles. The molecule has 3 amide bonds. The van der Waals surface area contributed by atoms with E-state index >= 15 is 0 Å². The summed E-state index contributed by atoms with van der Waals surface area (Å²) in [5.41, 5.74) is 14.2. The number of nitrogens with two attached hydrogens (primary N) is 2. The lowest BCUT2D eigenvalue weighted by Crippen LogP contribution is -2.42. The molecule has 1 aliphatic carbocycles. The van der Waals surface area contributed by atoms with Crippen molar-refractivity contribution in [1.29, 1.82) is 5.26 Å². The number of aryl methyl sites for hydroxylation is 2. The molecule has 5 N–H and O–H groups in total. The number of carbonyl (C=O) groups is 3. The van der Waals surface area contributed by atoms with Gasteiger partial charge in [0.25, 0.3) is 0 Å². The van der Waals surface area contributed by atoms with Gasteiger partial charge >= 0.3 is 5.76 Å². The number of nitrogens with zero attached hydrogens (tertiary/aromatic N) is 4. The molecule has 3 aromatic rings. The first kappa shape index (κ1) is 25.5. The van der Waals surface area contributed by atoms with E-state index in [0.717, 1.165) is 28.7 Å². The van der Waals surface area contributed by atoms with Gasteiger partial charge in [-0.1, -0.05) is 12.1 Å². The summed E-state index contributed by atoms with van der Waals surface area (Å²) >= 11 is 0. The van der Waals surface area contributed by atoms with Gasteiger partial charge in [-0.2, -0.15) is 15.0 Å². The van der Waals surface area contributed by atoms with E-state index in [-0.39, 0.29) is 12.5 Å². The lowest BCUT2D eigenvalue weighted by molar-refractivity contribution is -0.130. The van der Waals surface area contributed by atoms with Crippen molar-refractivity contribution in [1.82, 2.24) is 19.9 Å². The van der Waals surface area contributed by atoms with Crippen molar-refractivity contribution >= 4 is 17.7 Å². The first-order valence-electron chi connectivity index (χ1n) is 13.1. The van der Waals surface area contributed by atoms with Gasteiger partial charge in [0.05, 0.1) is 18.0 Å². The molecule has 3 heterocycles. The minimum Gasteiger partial charge on any atom is -0.366 e. The maximum atomic E-state index is 13.0. The van der Waals surface area contributed by atoms with Crippen molar-refractivity contribution < 1.29 is 18.9 Å². The number of nitrogens with one attached hydrogen (secondary N) is 1. The average Bonchev–Trinajstić information content (AvgIpc) is 3.62. The summed E-state index contributed by atoms with van der Waals surface area (Å²) in [6.45, 7) is 0.449. The normalized spacial score (nSPS) is 20.3. The van der Waals surface area contributed by atoms with Gasteiger partial charge in [0, 0.05) is 24.1 Å². The van der Waals surface area contributed by atoms with Gasteiger partial charge < -0.3 is 20.9 Å². The molecule has 1 spiro atoms. The van der Waals surface area contributed by atoms with E-state index in [0.29, 0.717) is 49.2 Å². The molecule has 12 nitrogen and oxygen atoms in total. The van der Waals surface area contributed by atoms with Gasteiger partial charge in [-0.05, 0) is 72.2 Å². The molecule has 0 saturated carbocycles. The average molecular weight is 542 g/mol. The number of aromatic nitrogens is 2. The molecular formula is C28H27N7O5. The van der Waals surface area contributed by atoms with Gasteiger partial charge in [-0.3, -0.25) is 19.7 Å². The molecule has 1 fully saturated rings. The third kappa shape index (κ3) is 3.89. The van der Waals surface area contributed by atoms with Crippen molar-refractivity contribution in [2.75, 3.05) is 13.1 Å². The zero-order valence-electron chi connectivity index (χ0n) is 21.6. The maximum Gasteiger partial charge on any atom is 0.460 e. The highest BCUT2D eigenvalue weighted by molar-refractivity contribution is 5.94. The molecule has 2 atom stereocenters. The molecule has 1 unspecified atom stereocenters. The van der Waals surface area contributed by atoms with Crippen molar-refractivity contribution in [3.8, 4) is 6.07 Å². The molecule has 1 aromatic heterocycles. The van der Waals surface area contributed by atoms with Crippen LogP contribution in [0.2, 0.25) is 0 Å². The second-order valence-corrected chi connectivity index (χ2v) is 10.5. The molecular weight excluding hydrogens is 514 g/mol. The Labute approximate surface area is 228 Å². The number of primary amides is 2. The van der Waals surface area contributed by atoms with Crippen LogP contribution in [-0.2, 0) is 23.1 Å². The van der Waals surface area contributed by atoms with Crippen molar-refractivity contribution in [3.05, 3.63) is 86.2 Å². The molecule has 12 heteroatoms. The minimum absolute atomic E-state index is 0.0683. The smallest absolute Gasteiger partial charge is 0.366 e. The number of fused-ring (bicyclic) bond motifs is 6. The van der Waals surface area contributed by atoms with E-state index < -0.39 is 35.2 Å². The Hall–Kier alpha value is -4.76. The number of amides is 3. The number of benzene rings is 2. The fourth-order valence-corrected chi connectivity index (χ4v) is 6.52. The lowest BCUT2D eigenvalue weighted by atomic mass is 9.70. The van der Waals surface area contributed by atoms with Crippen LogP contribution in [-0.4, -0.2) is 51.5 Å². The Morgan fingerprint density at radius 1 is 1.07 bits per heavy atom. The van der Waals surface area contributed by atoms with Crippen LogP contribution in [0.3, 0.4) is 0 Å². The fraction of sp³-hybridized carbons (Fsp3) is 0.357. The quantitative estimate of drug-likeness (QED) is 0.415. The van der Waals surface area contributed by atoms with Crippen LogP contribution in [0, 0.1) is 11.3 Å². The van der Waals surface area contributed by atoms with E-state index in [1.165, 1.54) is 4.74 Å². The topological polar surface area (TPSA) is 190 Å². The number of rotatable bonds is 5. The fourth-order valence-electron chi connectivity index (χ4n) is 6.52. The Bertz CT molecular complexity index is 1600.